The van der Waals surface area contributed by atoms with Crippen LogP contribution in [0, 0.1) is 5.41 Å². The maximum absolute atomic E-state index is 11.4. The molecule has 0 bridgehead atoms. The summed E-state index contributed by atoms with van der Waals surface area (Å²) in [5.74, 6) is -1.97. The van der Waals surface area contributed by atoms with Crippen molar-refractivity contribution in [2.45, 2.75) is 65.2 Å². The fraction of sp³-hybridized carbons (Fsp3) is 0.846. The van der Waals surface area contributed by atoms with E-state index in [0.717, 1.165) is 32.1 Å². The Bertz CT molecular complexity index is 250. The van der Waals surface area contributed by atoms with Gasteiger partial charge in [-0.15, -0.1) is 0 Å². The van der Waals surface area contributed by atoms with Gasteiger partial charge in [-0.25, -0.2) is 0 Å². The summed E-state index contributed by atoms with van der Waals surface area (Å²) in [4.78, 5) is 22.2. The molecule has 0 saturated heterocycles. The molecule has 100 valence electrons. The highest BCUT2D eigenvalue weighted by molar-refractivity contribution is 5.81. The van der Waals surface area contributed by atoms with Gasteiger partial charge in [0.15, 0.2) is 0 Å². The van der Waals surface area contributed by atoms with Crippen LogP contribution >= 0.6 is 0 Å². The van der Waals surface area contributed by atoms with Crippen molar-refractivity contribution in [2.24, 2.45) is 5.41 Å². The van der Waals surface area contributed by atoms with Gasteiger partial charge in [-0.2, -0.15) is 0 Å². The van der Waals surface area contributed by atoms with Crippen molar-refractivity contribution < 1.29 is 19.8 Å². The number of unbranched alkanes of at least 4 members (excludes halogenated alkanes) is 3. The van der Waals surface area contributed by atoms with Crippen LogP contribution in [0.4, 0.5) is 0 Å². The smallest absolute Gasteiger partial charge is 0.310 e. The predicted octanol–water partition coefficient (Wildman–Crippen LogP) is 3.30. The second kappa shape index (κ2) is 8.09. The number of carbonyl (C=O) groups is 2. The first-order valence-electron chi connectivity index (χ1n) is 6.43. The number of carboxylic acids is 2. The molecule has 4 nitrogen and oxygen atoms in total. The van der Waals surface area contributed by atoms with E-state index in [0.29, 0.717) is 12.8 Å². The van der Waals surface area contributed by atoms with E-state index in [2.05, 4.69) is 0 Å². The van der Waals surface area contributed by atoms with Gasteiger partial charge in [-0.3, -0.25) is 9.59 Å². The molecule has 0 aromatic rings. The normalized spacial score (nSPS) is 14.2. The molecule has 1 unspecified atom stereocenters. The van der Waals surface area contributed by atoms with E-state index in [1.807, 2.05) is 13.8 Å². The molecule has 0 rings (SSSR count). The Kier molecular flexibility index (Phi) is 7.59. The maximum Gasteiger partial charge on any atom is 0.310 e. The average Bonchev–Trinajstić information content (AvgIpc) is 2.25. The molecule has 2 N–H and O–H groups in total. The van der Waals surface area contributed by atoms with E-state index >= 15 is 0 Å². The Balaban J connectivity index is 4.68. The molecule has 0 amide bonds. The summed E-state index contributed by atoms with van der Waals surface area (Å²) in [5.41, 5.74) is -1.06. The molecule has 0 aliphatic heterocycles. The van der Waals surface area contributed by atoms with Gasteiger partial charge in [0.25, 0.3) is 0 Å². The van der Waals surface area contributed by atoms with E-state index in [4.69, 9.17) is 5.11 Å². The van der Waals surface area contributed by atoms with Gasteiger partial charge >= 0.3 is 11.9 Å². The third-order valence-corrected chi connectivity index (χ3v) is 3.21. The SMILES string of the molecule is CCCCCC(CCCC)(CC(=O)O)C(=O)O. The topological polar surface area (TPSA) is 74.6 Å². The summed E-state index contributed by atoms with van der Waals surface area (Å²) in [6.45, 7) is 4.03. The van der Waals surface area contributed by atoms with Gasteiger partial charge < -0.3 is 10.2 Å². The molecule has 0 radical (unpaired) electrons. The van der Waals surface area contributed by atoms with Crippen molar-refractivity contribution in [3.05, 3.63) is 0 Å². The van der Waals surface area contributed by atoms with Gasteiger partial charge in [-0.1, -0.05) is 46.0 Å². The third kappa shape index (κ3) is 5.71. The lowest BCUT2D eigenvalue weighted by molar-refractivity contribution is -0.157. The quantitative estimate of drug-likeness (QED) is 0.578. The zero-order valence-corrected chi connectivity index (χ0v) is 10.9. The predicted molar refractivity (Wildman–Crippen MR) is 66.0 cm³/mol. The maximum atomic E-state index is 11.4. The molecule has 1 atom stereocenters. The van der Waals surface area contributed by atoms with Crippen LogP contribution in [0.1, 0.15) is 65.2 Å². The molecule has 0 aromatic heterocycles. The standard InChI is InChI=1S/C13H24O4/c1-3-5-7-9-13(12(16)17,8-6-4-2)10-11(14)15/h3-10H2,1-2H3,(H,14,15)(H,16,17). The first kappa shape index (κ1) is 15.9. The lowest BCUT2D eigenvalue weighted by Crippen LogP contribution is -2.33. The van der Waals surface area contributed by atoms with Gasteiger partial charge in [0, 0.05) is 0 Å². The van der Waals surface area contributed by atoms with Gasteiger partial charge in [0.1, 0.15) is 0 Å². The fourth-order valence-corrected chi connectivity index (χ4v) is 2.11. The molecule has 0 aromatic carbocycles. The number of carboxylic acid groups (broad SMARTS) is 2. The molecule has 17 heavy (non-hydrogen) atoms. The van der Waals surface area contributed by atoms with Crippen molar-refractivity contribution >= 4 is 11.9 Å². The first-order valence-corrected chi connectivity index (χ1v) is 6.43. The van der Waals surface area contributed by atoms with Gasteiger partial charge in [0.2, 0.25) is 0 Å². The number of hydrogen-bond acceptors (Lipinski definition) is 2. The molecule has 0 heterocycles. The van der Waals surface area contributed by atoms with E-state index in [9.17, 15) is 14.7 Å². The molecule has 0 spiro atoms. The number of rotatable bonds is 10. The molecule has 0 aliphatic rings. The Labute approximate surface area is 103 Å². The molecule has 0 aliphatic carbocycles. The van der Waals surface area contributed by atoms with E-state index in [1.54, 1.807) is 0 Å². The molecule has 0 fully saturated rings. The zero-order valence-electron chi connectivity index (χ0n) is 10.9. The summed E-state index contributed by atoms with van der Waals surface area (Å²) in [6, 6.07) is 0. The highest BCUT2D eigenvalue weighted by atomic mass is 16.4. The first-order chi connectivity index (χ1) is 7.98. The summed E-state index contributed by atoms with van der Waals surface area (Å²) in [7, 11) is 0. The second-order valence-corrected chi connectivity index (χ2v) is 4.72. The van der Waals surface area contributed by atoms with Crippen LogP contribution in [0.2, 0.25) is 0 Å². The molecular weight excluding hydrogens is 220 g/mol. The van der Waals surface area contributed by atoms with E-state index in [1.165, 1.54) is 0 Å². The van der Waals surface area contributed by atoms with Crippen LogP contribution in [-0.4, -0.2) is 22.2 Å². The Morgan fingerprint density at radius 3 is 1.88 bits per heavy atom. The number of hydrogen-bond donors (Lipinski definition) is 2. The van der Waals surface area contributed by atoms with Crippen molar-refractivity contribution in [2.75, 3.05) is 0 Å². The van der Waals surface area contributed by atoms with Crippen LogP contribution in [0.3, 0.4) is 0 Å². The van der Waals surface area contributed by atoms with Crippen LogP contribution in [-0.2, 0) is 9.59 Å². The minimum absolute atomic E-state index is 0.258. The van der Waals surface area contributed by atoms with Crippen molar-refractivity contribution in [1.29, 1.82) is 0 Å². The molecule has 4 heteroatoms. The van der Waals surface area contributed by atoms with Crippen LogP contribution in [0.15, 0.2) is 0 Å². The highest BCUT2D eigenvalue weighted by Gasteiger charge is 2.39. The molecule has 0 saturated carbocycles. The zero-order chi connectivity index (χ0) is 13.3. The lowest BCUT2D eigenvalue weighted by atomic mass is 9.75. The summed E-state index contributed by atoms with van der Waals surface area (Å²) in [5, 5.41) is 18.2. The highest BCUT2D eigenvalue weighted by Crippen LogP contribution is 2.35. The van der Waals surface area contributed by atoms with E-state index in [-0.39, 0.29) is 6.42 Å². The largest absolute Gasteiger partial charge is 0.481 e. The molecular formula is C13H24O4. The Hall–Kier alpha value is -1.06. The minimum Gasteiger partial charge on any atom is -0.481 e. The lowest BCUT2D eigenvalue weighted by Gasteiger charge is -2.27. The Morgan fingerprint density at radius 1 is 0.941 bits per heavy atom. The second-order valence-electron chi connectivity index (χ2n) is 4.72. The summed E-state index contributed by atoms with van der Waals surface area (Å²) >= 11 is 0. The van der Waals surface area contributed by atoms with Gasteiger partial charge in [-0.05, 0) is 12.8 Å². The summed E-state index contributed by atoms with van der Waals surface area (Å²) < 4.78 is 0. The van der Waals surface area contributed by atoms with Crippen molar-refractivity contribution in [3.8, 4) is 0 Å². The van der Waals surface area contributed by atoms with Crippen LogP contribution in [0.5, 0.6) is 0 Å². The van der Waals surface area contributed by atoms with Crippen LogP contribution < -0.4 is 0 Å². The van der Waals surface area contributed by atoms with Crippen molar-refractivity contribution in [1.82, 2.24) is 0 Å². The van der Waals surface area contributed by atoms with E-state index < -0.39 is 17.4 Å². The van der Waals surface area contributed by atoms with Crippen LogP contribution in [0.25, 0.3) is 0 Å². The Morgan fingerprint density at radius 2 is 1.47 bits per heavy atom. The third-order valence-electron chi connectivity index (χ3n) is 3.21. The minimum atomic E-state index is -1.06. The van der Waals surface area contributed by atoms with Crippen molar-refractivity contribution in [3.63, 3.8) is 0 Å². The van der Waals surface area contributed by atoms with Gasteiger partial charge in [0.05, 0.1) is 11.8 Å². The number of aliphatic carboxylic acids is 2. The monoisotopic (exact) mass is 244 g/mol. The fourth-order valence-electron chi connectivity index (χ4n) is 2.11. The summed E-state index contributed by atoms with van der Waals surface area (Å²) in [6.07, 6.45) is 5.11. The average molecular weight is 244 g/mol.